The molecule has 0 unspecified atom stereocenters. The summed E-state index contributed by atoms with van der Waals surface area (Å²) in [5.41, 5.74) is 2.94. The van der Waals surface area contributed by atoms with Crippen LogP contribution in [-0.2, 0) is 35.5 Å². The van der Waals surface area contributed by atoms with Crippen molar-refractivity contribution in [3.63, 3.8) is 0 Å². The van der Waals surface area contributed by atoms with Crippen LogP contribution < -0.4 is 15.7 Å². The van der Waals surface area contributed by atoms with Crippen molar-refractivity contribution in [2.75, 3.05) is 19.5 Å². The van der Waals surface area contributed by atoms with Crippen LogP contribution in [0.1, 0.15) is 36.1 Å². The van der Waals surface area contributed by atoms with E-state index in [2.05, 4.69) is 10.3 Å². The number of nitrogens with one attached hydrogen (secondary N) is 1. The zero-order valence-electron chi connectivity index (χ0n) is 17.2. The van der Waals surface area contributed by atoms with E-state index in [-0.39, 0.29) is 23.5 Å². The number of carbonyl (C=O) groups excluding carboxylic acids is 1. The van der Waals surface area contributed by atoms with Crippen LogP contribution in [0.3, 0.4) is 0 Å². The number of hydrogen-bond acceptors (Lipinski definition) is 6. The van der Waals surface area contributed by atoms with Gasteiger partial charge in [0.25, 0.3) is 0 Å². The van der Waals surface area contributed by atoms with E-state index >= 15 is 0 Å². The van der Waals surface area contributed by atoms with Gasteiger partial charge in [-0.3, -0.25) is 9.36 Å². The van der Waals surface area contributed by atoms with Crippen molar-refractivity contribution >= 4 is 17.7 Å². The van der Waals surface area contributed by atoms with Crippen LogP contribution in [0.25, 0.3) is 0 Å². The standard InChI is InChI=1S/C22H27N3O4S/c1-28-16-6-2-5-15(11-16)12-23-20(26)14-30-21-18-8-3-9-19(18)25(22(27)24-21)13-17-7-4-10-29-17/h2,5-6,11,17H,3-4,7-10,12-14H2,1H3,(H,23,26)/t17-/m1/s1. The molecule has 1 fully saturated rings. The average Bonchev–Trinajstić information content (AvgIpc) is 3.45. The Morgan fingerprint density at radius 2 is 2.27 bits per heavy atom. The van der Waals surface area contributed by atoms with Crippen molar-refractivity contribution in [2.45, 2.75) is 56.3 Å². The normalized spacial score (nSPS) is 17.7. The second-order valence-corrected chi connectivity index (χ2v) is 8.60. The van der Waals surface area contributed by atoms with Crippen molar-refractivity contribution < 1.29 is 14.3 Å². The minimum absolute atomic E-state index is 0.0834. The topological polar surface area (TPSA) is 82.5 Å². The zero-order chi connectivity index (χ0) is 20.9. The first kappa shape index (κ1) is 20.9. The van der Waals surface area contributed by atoms with Gasteiger partial charge in [0.15, 0.2) is 0 Å². The summed E-state index contributed by atoms with van der Waals surface area (Å²) in [4.78, 5) is 29.3. The Balaban J connectivity index is 1.38. The number of ether oxygens (including phenoxy) is 2. The quantitative estimate of drug-likeness (QED) is 0.512. The highest BCUT2D eigenvalue weighted by Gasteiger charge is 2.25. The second kappa shape index (κ2) is 9.66. The average molecular weight is 430 g/mol. The number of benzene rings is 1. The van der Waals surface area contributed by atoms with E-state index < -0.39 is 0 Å². The van der Waals surface area contributed by atoms with Crippen molar-refractivity contribution in [2.24, 2.45) is 0 Å². The molecular formula is C22H27N3O4S. The van der Waals surface area contributed by atoms with Crippen LogP contribution >= 0.6 is 11.8 Å². The van der Waals surface area contributed by atoms with Crippen molar-refractivity contribution in [3.8, 4) is 5.75 Å². The van der Waals surface area contributed by atoms with Gasteiger partial charge >= 0.3 is 5.69 Å². The largest absolute Gasteiger partial charge is 0.497 e. The monoisotopic (exact) mass is 429 g/mol. The van der Waals surface area contributed by atoms with Gasteiger partial charge in [-0.2, -0.15) is 4.98 Å². The maximum Gasteiger partial charge on any atom is 0.348 e. The summed E-state index contributed by atoms with van der Waals surface area (Å²) in [5.74, 6) is 0.915. The summed E-state index contributed by atoms with van der Waals surface area (Å²) in [7, 11) is 1.62. The van der Waals surface area contributed by atoms with Gasteiger partial charge in [-0.25, -0.2) is 4.79 Å². The summed E-state index contributed by atoms with van der Waals surface area (Å²) in [6.45, 7) is 1.79. The lowest BCUT2D eigenvalue weighted by Crippen LogP contribution is -2.32. The van der Waals surface area contributed by atoms with E-state index in [4.69, 9.17) is 9.47 Å². The Labute approximate surface area is 180 Å². The molecule has 1 aliphatic carbocycles. The number of aromatic nitrogens is 2. The van der Waals surface area contributed by atoms with Crippen LogP contribution in [0.15, 0.2) is 34.1 Å². The summed E-state index contributed by atoms with van der Waals surface area (Å²) < 4.78 is 12.7. The van der Waals surface area contributed by atoms with Crippen molar-refractivity contribution in [3.05, 3.63) is 51.6 Å². The molecular weight excluding hydrogens is 402 g/mol. The van der Waals surface area contributed by atoms with Crippen LogP contribution in [0.4, 0.5) is 0 Å². The van der Waals surface area contributed by atoms with Gasteiger partial charge in [0.1, 0.15) is 10.8 Å². The van der Waals surface area contributed by atoms with Crippen molar-refractivity contribution in [1.82, 2.24) is 14.9 Å². The van der Waals surface area contributed by atoms with Gasteiger partial charge in [-0.15, -0.1) is 0 Å². The number of methoxy groups -OCH3 is 1. The number of thioether (sulfide) groups is 1. The van der Waals surface area contributed by atoms with Gasteiger partial charge in [0.2, 0.25) is 5.91 Å². The molecule has 0 bridgehead atoms. The van der Waals surface area contributed by atoms with Gasteiger partial charge in [-0.1, -0.05) is 23.9 Å². The minimum Gasteiger partial charge on any atom is -0.497 e. The van der Waals surface area contributed by atoms with E-state index in [9.17, 15) is 9.59 Å². The zero-order valence-corrected chi connectivity index (χ0v) is 18.0. The second-order valence-electron chi connectivity index (χ2n) is 7.64. The molecule has 1 aliphatic heterocycles. The predicted octanol–water partition coefficient (Wildman–Crippen LogP) is 2.33. The molecule has 0 spiro atoms. The summed E-state index contributed by atoms with van der Waals surface area (Å²) in [5, 5.41) is 3.62. The number of hydrogen-bond donors (Lipinski definition) is 1. The molecule has 8 heteroatoms. The number of fused-ring (bicyclic) bond motifs is 1. The Morgan fingerprint density at radius 3 is 3.07 bits per heavy atom. The molecule has 2 heterocycles. The fourth-order valence-corrected chi connectivity index (χ4v) is 4.96. The molecule has 7 nitrogen and oxygen atoms in total. The molecule has 0 saturated carbocycles. The van der Waals surface area contributed by atoms with Gasteiger partial charge in [-0.05, 0) is 49.8 Å². The molecule has 4 rings (SSSR count). The number of rotatable bonds is 8. The molecule has 160 valence electrons. The summed E-state index contributed by atoms with van der Waals surface area (Å²) in [6, 6.07) is 7.61. The highest BCUT2D eigenvalue weighted by Crippen LogP contribution is 2.29. The third-order valence-electron chi connectivity index (χ3n) is 5.57. The Hall–Kier alpha value is -2.32. The number of carbonyl (C=O) groups is 1. The molecule has 2 aromatic rings. The third-order valence-corrected chi connectivity index (χ3v) is 6.59. The first-order chi connectivity index (χ1) is 14.6. The Kier molecular flexibility index (Phi) is 6.74. The molecule has 1 amide bonds. The SMILES string of the molecule is COc1cccc(CNC(=O)CSc2nc(=O)n(C[C@H]3CCCO3)c3c2CCC3)c1. The minimum atomic E-state index is -0.231. The maximum absolute atomic E-state index is 12.7. The Morgan fingerprint density at radius 1 is 1.37 bits per heavy atom. The van der Waals surface area contributed by atoms with Crippen LogP contribution in [0.2, 0.25) is 0 Å². The van der Waals surface area contributed by atoms with Crippen LogP contribution in [-0.4, -0.2) is 41.0 Å². The number of amides is 1. The van der Waals surface area contributed by atoms with E-state index in [1.165, 1.54) is 11.8 Å². The third kappa shape index (κ3) is 4.87. The van der Waals surface area contributed by atoms with E-state index in [0.29, 0.717) is 18.1 Å². The first-order valence-corrected chi connectivity index (χ1v) is 11.4. The molecule has 30 heavy (non-hydrogen) atoms. The molecule has 1 aromatic carbocycles. The van der Waals surface area contributed by atoms with E-state index in [1.54, 1.807) is 11.7 Å². The maximum atomic E-state index is 12.7. The molecule has 1 atom stereocenters. The fraction of sp³-hybridized carbons (Fsp3) is 0.500. The Bertz CT molecular complexity index is 969. The highest BCUT2D eigenvalue weighted by molar-refractivity contribution is 7.99. The molecule has 1 aromatic heterocycles. The smallest absolute Gasteiger partial charge is 0.348 e. The lowest BCUT2D eigenvalue weighted by atomic mass is 10.2. The number of nitrogens with zero attached hydrogens (tertiary/aromatic N) is 2. The summed E-state index contributed by atoms with van der Waals surface area (Å²) >= 11 is 1.35. The summed E-state index contributed by atoms with van der Waals surface area (Å²) in [6.07, 6.45) is 4.95. The lowest BCUT2D eigenvalue weighted by molar-refractivity contribution is -0.118. The molecule has 1 saturated heterocycles. The molecule has 1 N–H and O–H groups in total. The highest BCUT2D eigenvalue weighted by atomic mass is 32.2. The van der Waals surface area contributed by atoms with Gasteiger partial charge in [0, 0.05) is 24.4 Å². The van der Waals surface area contributed by atoms with Crippen LogP contribution in [0.5, 0.6) is 5.75 Å². The van der Waals surface area contributed by atoms with Crippen molar-refractivity contribution in [1.29, 1.82) is 0 Å². The fourth-order valence-electron chi connectivity index (χ4n) is 4.05. The predicted molar refractivity (Wildman–Crippen MR) is 115 cm³/mol. The first-order valence-electron chi connectivity index (χ1n) is 10.4. The van der Waals surface area contributed by atoms with Gasteiger partial charge in [0.05, 0.1) is 25.5 Å². The van der Waals surface area contributed by atoms with Gasteiger partial charge < -0.3 is 14.8 Å². The lowest BCUT2D eigenvalue weighted by Gasteiger charge is -2.17. The molecule has 2 aliphatic rings. The van der Waals surface area contributed by atoms with Crippen LogP contribution in [0, 0.1) is 0 Å². The van der Waals surface area contributed by atoms with E-state index in [1.807, 2.05) is 24.3 Å². The van der Waals surface area contributed by atoms with E-state index in [0.717, 1.165) is 61.3 Å². The molecule has 0 radical (unpaired) electrons.